The van der Waals surface area contributed by atoms with Gasteiger partial charge in [-0.3, -0.25) is 0 Å². The number of pyridine rings is 1. The zero-order valence-corrected chi connectivity index (χ0v) is 10.3. The van der Waals surface area contributed by atoms with Crippen LogP contribution in [0.3, 0.4) is 0 Å². The molecule has 0 saturated carbocycles. The number of morpholine rings is 1. The Morgan fingerprint density at radius 2 is 2.41 bits per heavy atom. The van der Waals surface area contributed by atoms with E-state index in [-0.39, 0.29) is 18.8 Å². The maximum atomic E-state index is 9.16. The first-order valence-corrected chi connectivity index (χ1v) is 5.83. The van der Waals surface area contributed by atoms with Crippen molar-refractivity contribution in [2.24, 2.45) is 0 Å². The van der Waals surface area contributed by atoms with Crippen LogP contribution in [0.15, 0.2) is 12.3 Å². The summed E-state index contributed by atoms with van der Waals surface area (Å²) >= 11 is 0. The van der Waals surface area contributed by atoms with Crippen molar-refractivity contribution in [1.29, 1.82) is 0 Å². The Morgan fingerprint density at radius 3 is 3.06 bits per heavy atom. The Bertz CT molecular complexity index is 397. The minimum atomic E-state index is -0.134. The number of aromatic nitrogens is 1. The lowest BCUT2D eigenvalue weighted by Gasteiger charge is -2.38. The van der Waals surface area contributed by atoms with E-state index in [9.17, 15) is 0 Å². The minimum Gasteiger partial charge on any atom is -0.397 e. The van der Waals surface area contributed by atoms with Crippen molar-refractivity contribution in [3.8, 4) is 0 Å². The van der Waals surface area contributed by atoms with Gasteiger partial charge in [0.2, 0.25) is 0 Å². The summed E-state index contributed by atoms with van der Waals surface area (Å²) in [5, 5.41) is 9.16. The molecular weight excluding hydrogens is 218 g/mol. The van der Waals surface area contributed by atoms with Crippen molar-refractivity contribution in [1.82, 2.24) is 4.98 Å². The lowest BCUT2D eigenvalue weighted by Crippen LogP contribution is -2.50. The number of anilines is 2. The summed E-state index contributed by atoms with van der Waals surface area (Å²) in [7, 11) is 0. The molecule has 1 fully saturated rings. The molecule has 2 unspecified atom stereocenters. The number of hydrogen-bond donors (Lipinski definition) is 2. The molecule has 1 aromatic rings. The molecule has 0 amide bonds. The quantitative estimate of drug-likeness (QED) is 0.786. The van der Waals surface area contributed by atoms with E-state index in [1.807, 2.05) is 13.0 Å². The van der Waals surface area contributed by atoms with E-state index >= 15 is 0 Å². The number of aliphatic hydroxyl groups excluding tert-OH is 1. The van der Waals surface area contributed by atoms with Gasteiger partial charge in [0.25, 0.3) is 0 Å². The van der Waals surface area contributed by atoms with Crippen LogP contribution in [0.1, 0.15) is 12.5 Å². The van der Waals surface area contributed by atoms with Crippen molar-refractivity contribution >= 4 is 11.5 Å². The van der Waals surface area contributed by atoms with Crippen LogP contribution in [-0.4, -0.2) is 42.0 Å². The summed E-state index contributed by atoms with van der Waals surface area (Å²) in [5.41, 5.74) is 7.42. The van der Waals surface area contributed by atoms with Crippen LogP contribution in [0.25, 0.3) is 0 Å². The monoisotopic (exact) mass is 237 g/mol. The predicted octanol–water partition coefficient (Wildman–Crippen LogP) is 0.558. The lowest BCUT2D eigenvalue weighted by molar-refractivity contribution is -0.0106. The topological polar surface area (TPSA) is 71.6 Å². The first-order chi connectivity index (χ1) is 8.11. The maximum absolute atomic E-state index is 9.16. The van der Waals surface area contributed by atoms with E-state index in [1.165, 1.54) is 0 Å². The van der Waals surface area contributed by atoms with E-state index in [1.54, 1.807) is 6.20 Å². The number of aliphatic hydroxyl groups is 1. The molecule has 1 aliphatic rings. The molecule has 5 nitrogen and oxygen atoms in total. The van der Waals surface area contributed by atoms with Crippen LogP contribution in [0.4, 0.5) is 11.5 Å². The molecule has 17 heavy (non-hydrogen) atoms. The van der Waals surface area contributed by atoms with Crippen LogP contribution in [0.2, 0.25) is 0 Å². The third-order valence-corrected chi connectivity index (χ3v) is 3.05. The van der Waals surface area contributed by atoms with E-state index in [0.29, 0.717) is 18.8 Å². The number of rotatable bonds is 2. The fourth-order valence-corrected chi connectivity index (χ4v) is 2.11. The Labute approximate surface area is 101 Å². The zero-order valence-electron chi connectivity index (χ0n) is 10.3. The van der Waals surface area contributed by atoms with Gasteiger partial charge in [-0.25, -0.2) is 4.98 Å². The van der Waals surface area contributed by atoms with Gasteiger partial charge < -0.3 is 20.5 Å². The van der Waals surface area contributed by atoms with Gasteiger partial charge in [0.15, 0.2) is 0 Å². The van der Waals surface area contributed by atoms with Crippen LogP contribution in [0.5, 0.6) is 0 Å². The van der Waals surface area contributed by atoms with Crippen molar-refractivity contribution in [3.63, 3.8) is 0 Å². The highest BCUT2D eigenvalue weighted by molar-refractivity contribution is 5.53. The minimum absolute atomic E-state index is 0.0389. The fourth-order valence-electron chi connectivity index (χ4n) is 2.11. The zero-order chi connectivity index (χ0) is 12.4. The highest BCUT2D eigenvalue weighted by atomic mass is 16.5. The Hall–Kier alpha value is -1.33. The largest absolute Gasteiger partial charge is 0.397 e. The van der Waals surface area contributed by atoms with Gasteiger partial charge in [0.05, 0.1) is 37.2 Å². The molecule has 1 saturated heterocycles. The molecular formula is C12H19N3O2. The van der Waals surface area contributed by atoms with Crippen molar-refractivity contribution in [3.05, 3.63) is 17.8 Å². The summed E-state index contributed by atoms with van der Waals surface area (Å²) in [6.45, 7) is 5.39. The second-order valence-corrected chi connectivity index (χ2v) is 4.55. The van der Waals surface area contributed by atoms with E-state index in [0.717, 1.165) is 11.4 Å². The number of nitrogen functional groups attached to an aromatic ring is 1. The van der Waals surface area contributed by atoms with Crippen LogP contribution < -0.4 is 10.6 Å². The van der Waals surface area contributed by atoms with Crippen molar-refractivity contribution in [2.75, 3.05) is 30.4 Å². The molecule has 1 aliphatic heterocycles. The van der Waals surface area contributed by atoms with E-state index < -0.39 is 0 Å². The number of nitrogens with two attached hydrogens (primary N) is 1. The van der Waals surface area contributed by atoms with E-state index in [4.69, 9.17) is 15.6 Å². The second-order valence-electron chi connectivity index (χ2n) is 4.55. The third-order valence-electron chi connectivity index (χ3n) is 3.05. The molecule has 0 bridgehead atoms. The first-order valence-electron chi connectivity index (χ1n) is 5.83. The van der Waals surface area contributed by atoms with Crippen molar-refractivity contribution < 1.29 is 9.84 Å². The van der Waals surface area contributed by atoms with Gasteiger partial charge >= 0.3 is 0 Å². The van der Waals surface area contributed by atoms with Gasteiger partial charge in [-0.15, -0.1) is 0 Å². The number of ether oxygens (including phenoxy) is 1. The van der Waals surface area contributed by atoms with Gasteiger partial charge in [0.1, 0.15) is 5.82 Å². The summed E-state index contributed by atoms with van der Waals surface area (Å²) in [4.78, 5) is 6.55. The summed E-state index contributed by atoms with van der Waals surface area (Å²) in [6, 6.07) is 2.17. The first kappa shape index (κ1) is 12.1. The normalized spacial score (nSPS) is 25.0. The molecule has 2 atom stereocenters. The molecule has 94 valence electrons. The van der Waals surface area contributed by atoms with Gasteiger partial charge in [-0.2, -0.15) is 0 Å². The summed E-state index contributed by atoms with van der Waals surface area (Å²) in [5.74, 6) is 0.924. The van der Waals surface area contributed by atoms with Crippen molar-refractivity contribution in [2.45, 2.75) is 26.0 Å². The highest BCUT2D eigenvalue weighted by Gasteiger charge is 2.27. The molecule has 0 aliphatic carbocycles. The number of nitrogens with zero attached hydrogens (tertiary/aromatic N) is 2. The molecule has 5 heteroatoms. The Balaban J connectivity index is 2.24. The molecule has 1 aromatic heterocycles. The van der Waals surface area contributed by atoms with Crippen LogP contribution in [0, 0.1) is 6.92 Å². The SMILES string of the molecule is Cc1cc(N)cnc1N1CC(CO)OCC1C. The molecule has 2 heterocycles. The molecule has 0 spiro atoms. The number of aryl methyl sites for hydroxylation is 1. The van der Waals surface area contributed by atoms with Gasteiger partial charge in [0, 0.05) is 6.54 Å². The molecule has 0 aromatic carbocycles. The lowest BCUT2D eigenvalue weighted by atomic mass is 10.1. The Morgan fingerprint density at radius 1 is 1.65 bits per heavy atom. The Kier molecular flexibility index (Phi) is 3.49. The smallest absolute Gasteiger partial charge is 0.131 e. The molecule has 0 radical (unpaired) electrons. The average Bonchev–Trinajstić information content (AvgIpc) is 2.30. The summed E-state index contributed by atoms with van der Waals surface area (Å²) < 4.78 is 5.51. The molecule has 2 rings (SSSR count). The van der Waals surface area contributed by atoms with Gasteiger partial charge in [-0.05, 0) is 25.5 Å². The number of hydrogen-bond acceptors (Lipinski definition) is 5. The second kappa shape index (κ2) is 4.89. The van der Waals surface area contributed by atoms with Gasteiger partial charge in [-0.1, -0.05) is 0 Å². The summed E-state index contributed by atoms with van der Waals surface area (Å²) in [6.07, 6.45) is 1.53. The van der Waals surface area contributed by atoms with E-state index in [2.05, 4.69) is 16.8 Å². The van der Waals surface area contributed by atoms with Crippen LogP contribution in [-0.2, 0) is 4.74 Å². The fraction of sp³-hybridized carbons (Fsp3) is 0.583. The maximum Gasteiger partial charge on any atom is 0.131 e. The molecule has 3 N–H and O–H groups in total. The standard InChI is InChI=1S/C12H19N3O2/c1-8-3-10(13)4-14-12(8)15-5-11(6-16)17-7-9(15)2/h3-4,9,11,16H,5-7,13H2,1-2H3. The third kappa shape index (κ3) is 2.50. The van der Waals surface area contributed by atoms with Crippen LogP contribution >= 0.6 is 0 Å². The average molecular weight is 237 g/mol. The highest BCUT2D eigenvalue weighted by Crippen LogP contribution is 2.24. The predicted molar refractivity (Wildman–Crippen MR) is 67.0 cm³/mol.